The van der Waals surface area contributed by atoms with E-state index in [9.17, 15) is 4.79 Å². The van der Waals surface area contributed by atoms with Crippen LogP contribution in [0.15, 0.2) is 18.6 Å². The van der Waals surface area contributed by atoms with Crippen LogP contribution in [0.2, 0.25) is 0 Å². The van der Waals surface area contributed by atoms with E-state index < -0.39 is 5.91 Å². The quantitative estimate of drug-likeness (QED) is 0.468. The number of rotatable bonds is 4. The highest BCUT2D eigenvalue weighted by Gasteiger charge is 2.05. The Kier molecular flexibility index (Phi) is 3.80. The molecule has 2 N–H and O–H groups in total. The fourth-order valence-electron chi connectivity index (χ4n) is 0.631. The van der Waals surface area contributed by atoms with Crippen LogP contribution in [0.5, 0.6) is 0 Å². The molecule has 70 valence electrons. The fourth-order valence-corrected chi connectivity index (χ4v) is 0.631. The molecule has 0 radical (unpaired) electrons. The van der Waals surface area contributed by atoms with Gasteiger partial charge in [-0.2, -0.15) is 0 Å². The summed E-state index contributed by atoms with van der Waals surface area (Å²) < 4.78 is 0. The van der Waals surface area contributed by atoms with Crippen molar-refractivity contribution in [3.8, 4) is 0 Å². The van der Waals surface area contributed by atoms with Gasteiger partial charge in [0.1, 0.15) is 5.69 Å². The molecule has 6 nitrogen and oxygen atoms in total. The zero-order valence-corrected chi connectivity index (χ0v) is 6.80. The summed E-state index contributed by atoms with van der Waals surface area (Å²) in [6.07, 6.45) is 4.18. The number of hydrogen-bond donors (Lipinski definition) is 2. The second-order valence-electron chi connectivity index (χ2n) is 2.09. The number of aromatic nitrogens is 2. The van der Waals surface area contributed by atoms with Gasteiger partial charge in [-0.3, -0.25) is 14.6 Å². The minimum atomic E-state index is -0.485. The number of carbonyl (C=O) groups is 1. The molecule has 13 heavy (non-hydrogen) atoms. The minimum absolute atomic E-state index is 0.0476. The molecule has 0 unspecified atom stereocenters. The summed E-state index contributed by atoms with van der Waals surface area (Å²) in [5, 5.41) is 8.35. The Labute approximate surface area is 74.5 Å². The largest absolute Gasteiger partial charge is 0.394 e. The van der Waals surface area contributed by atoms with Gasteiger partial charge >= 0.3 is 0 Å². The molecule has 0 saturated heterocycles. The summed E-state index contributed by atoms with van der Waals surface area (Å²) in [5.41, 5.74) is 2.27. The van der Waals surface area contributed by atoms with Crippen LogP contribution in [-0.4, -0.2) is 34.2 Å². The van der Waals surface area contributed by atoms with Crippen LogP contribution in [0.25, 0.3) is 0 Å². The summed E-state index contributed by atoms with van der Waals surface area (Å²) in [4.78, 5) is 23.1. The van der Waals surface area contributed by atoms with Gasteiger partial charge in [0.25, 0.3) is 5.91 Å². The van der Waals surface area contributed by atoms with E-state index in [-0.39, 0.29) is 18.9 Å². The van der Waals surface area contributed by atoms with Crippen LogP contribution < -0.4 is 5.48 Å². The Morgan fingerprint density at radius 1 is 1.62 bits per heavy atom. The molecule has 1 rings (SSSR count). The molecule has 1 aromatic heterocycles. The standard InChI is InChI=1S/C7H9N3O3/c11-3-4-13-10-7(12)6-5-8-1-2-9-6/h1-2,5,11H,3-4H2,(H,10,12). The Hall–Kier alpha value is -1.53. The molecule has 0 aliphatic rings. The average molecular weight is 183 g/mol. The van der Waals surface area contributed by atoms with E-state index in [2.05, 4.69) is 20.3 Å². The molecule has 0 aliphatic carbocycles. The molecular weight excluding hydrogens is 174 g/mol. The van der Waals surface area contributed by atoms with Crippen molar-refractivity contribution in [3.05, 3.63) is 24.3 Å². The third-order valence-corrected chi connectivity index (χ3v) is 1.15. The molecule has 0 bridgehead atoms. The van der Waals surface area contributed by atoms with Crippen LogP contribution in [0, 0.1) is 0 Å². The maximum atomic E-state index is 11.1. The van der Waals surface area contributed by atoms with Gasteiger partial charge in [-0.05, 0) is 0 Å². The molecule has 0 fully saturated rings. The van der Waals surface area contributed by atoms with Crippen LogP contribution in [0.4, 0.5) is 0 Å². The molecule has 1 amide bonds. The first-order chi connectivity index (χ1) is 6.34. The highest BCUT2D eigenvalue weighted by Crippen LogP contribution is 1.88. The normalized spacial score (nSPS) is 9.62. The number of nitrogens with one attached hydrogen (secondary N) is 1. The van der Waals surface area contributed by atoms with Crippen molar-refractivity contribution < 1.29 is 14.7 Å². The summed E-state index contributed by atoms with van der Waals surface area (Å²) >= 11 is 0. The van der Waals surface area contributed by atoms with E-state index in [4.69, 9.17) is 5.11 Å². The van der Waals surface area contributed by atoms with E-state index in [1.54, 1.807) is 0 Å². The molecule has 0 spiro atoms. The monoisotopic (exact) mass is 183 g/mol. The lowest BCUT2D eigenvalue weighted by molar-refractivity contribution is 0.0164. The van der Waals surface area contributed by atoms with Gasteiger partial charge in [0.15, 0.2) is 0 Å². The maximum absolute atomic E-state index is 11.1. The zero-order chi connectivity index (χ0) is 9.52. The number of carbonyl (C=O) groups excluding carboxylic acids is 1. The van der Waals surface area contributed by atoms with Crippen LogP contribution >= 0.6 is 0 Å². The zero-order valence-electron chi connectivity index (χ0n) is 6.80. The van der Waals surface area contributed by atoms with Gasteiger partial charge < -0.3 is 5.11 Å². The predicted molar refractivity (Wildman–Crippen MR) is 42.5 cm³/mol. The van der Waals surface area contributed by atoms with E-state index in [1.165, 1.54) is 18.6 Å². The van der Waals surface area contributed by atoms with Crippen molar-refractivity contribution in [2.24, 2.45) is 0 Å². The highest BCUT2D eigenvalue weighted by atomic mass is 16.7. The number of aliphatic hydroxyl groups is 1. The highest BCUT2D eigenvalue weighted by molar-refractivity contribution is 5.90. The topological polar surface area (TPSA) is 84.3 Å². The van der Waals surface area contributed by atoms with Gasteiger partial charge in [0, 0.05) is 12.4 Å². The SMILES string of the molecule is O=C(NOCCO)c1cnccn1. The Morgan fingerprint density at radius 2 is 2.46 bits per heavy atom. The summed E-state index contributed by atoms with van der Waals surface area (Å²) in [6.45, 7) is -0.104. The van der Waals surface area contributed by atoms with Gasteiger partial charge in [-0.25, -0.2) is 10.5 Å². The van der Waals surface area contributed by atoms with Gasteiger partial charge in [-0.1, -0.05) is 0 Å². The molecule has 0 saturated carbocycles. The Balaban J connectivity index is 2.40. The molecule has 0 atom stereocenters. The predicted octanol–water partition coefficient (Wildman–Crippen LogP) is -0.870. The van der Waals surface area contributed by atoms with E-state index in [0.717, 1.165) is 0 Å². The third-order valence-electron chi connectivity index (χ3n) is 1.15. The van der Waals surface area contributed by atoms with Crippen molar-refractivity contribution in [3.63, 3.8) is 0 Å². The lowest BCUT2D eigenvalue weighted by atomic mass is 10.4. The lowest BCUT2D eigenvalue weighted by Crippen LogP contribution is -2.26. The van der Waals surface area contributed by atoms with Gasteiger partial charge in [0.05, 0.1) is 19.4 Å². The third kappa shape index (κ3) is 3.14. The van der Waals surface area contributed by atoms with Gasteiger partial charge in [-0.15, -0.1) is 0 Å². The van der Waals surface area contributed by atoms with Crippen molar-refractivity contribution in [1.82, 2.24) is 15.4 Å². The second kappa shape index (κ2) is 5.18. The fraction of sp³-hybridized carbons (Fsp3) is 0.286. The first kappa shape index (κ1) is 9.56. The molecule has 0 aromatic carbocycles. The second-order valence-corrected chi connectivity index (χ2v) is 2.09. The summed E-state index contributed by atoms with van der Waals surface area (Å²) in [7, 11) is 0. The summed E-state index contributed by atoms with van der Waals surface area (Å²) in [6, 6.07) is 0. The molecule has 1 heterocycles. The number of hydroxylamine groups is 1. The average Bonchev–Trinajstić information content (AvgIpc) is 2.19. The molecular formula is C7H9N3O3. The Morgan fingerprint density at radius 3 is 3.08 bits per heavy atom. The number of hydrogen-bond acceptors (Lipinski definition) is 5. The molecule has 6 heteroatoms. The first-order valence-electron chi connectivity index (χ1n) is 3.63. The number of nitrogens with zero attached hydrogens (tertiary/aromatic N) is 2. The Bertz CT molecular complexity index is 265. The van der Waals surface area contributed by atoms with E-state index in [1.807, 2.05) is 0 Å². The van der Waals surface area contributed by atoms with Crippen molar-refractivity contribution in [1.29, 1.82) is 0 Å². The maximum Gasteiger partial charge on any atom is 0.295 e. The smallest absolute Gasteiger partial charge is 0.295 e. The molecule has 1 aromatic rings. The van der Waals surface area contributed by atoms with Crippen molar-refractivity contribution in [2.75, 3.05) is 13.2 Å². The van der Waals surface area contributed by atoms with Gasteiger partial charge in [0.2, 0.25) is 0 Å². The van der Waals surface area contributed by atoms with Crippen LogP contribution in [0.3, 0.4) is 0 Å². The van der Waals surface area contributed by atoms with Crippen molar-refractivity contribution >= 4 is 5.91 Å². The molecule has 0 aliphatic heterocycles. The number of amides is 1. The van der Waals surface area contributed by atoms with Crippen LogP contribution in [0.1, 0.15) is 10.5 Å². The number of aliphatic hydroxyl groups excluding tert-OH is 1. The van der Waals surface area contributed by atoms with E-state index in [0.29, 0.717) is 0 Å². The lowest BCUT2D eigenvalue weighted by Gasteiger charge is -2.02. The minimum Gasteiger partial charge on any atom is -0.394 e. The van der Waals surface area contributed by atoms with Crippen molar-refractivity contribution in [2.45, 2.75) is 0 Å². The summed E-state index contributed by atoms with van der Waals surface area (Å²) in [5.74, 6) is -0.485. The van der Waals surface area contributed by atoms with Crippen LogP contribution in [-0.2, 0) is 4.84 Å². The first-order valence-corrected chi connectivity index (χ1v) is 3.63. The van der Waals surface area contributed by atoms with E-state index >= 15 is 0 Å².